The zero-order valence-electron chi connectivity index (χ0n) is 8.93. The summed E-state index contributed by atoms with van der Waals surface area (Å²) in [6.45, 7) is 9.42. The topological polar surface area (TPSA) is 52.0 Å². The molecule has 0 heterocycles. The van der Waals surface area contributed by atoms with Gasteiger partial charge in [-0.1, -0.05) is 34.1 Å². The summed E-state index contributed by atoms with van der Waals surface area (Å²) < 4.78 is 0. The van der Waals surface area contributed by atoms with Crippen LogP contribution in [0.2, 0.25) is 0 Å². The van der Waals surface area contributed by atoms with Gasteiger partial charge in [0.25, 0.3) is 0 Å². The molecule has 0 aliphatic rings. The van der Waals surface area contributed by atoms with Crippen molar-refractivity contribution in [2.75, 3.05) is 6.54 Å². The van der Waals surface area contributed by atoms with Crippen molar-refractivity contribution in [3.05, 3.63) is 0 Å². The predicted octanol–water partition coefficient (Wildman–Crippen LogP) is 1.73. The number of hydrogen-bond acceptors (Lipinski definition) is 2. The highest BCUT2D eigenvalue weighted by Crippen LogP contribution is 2.28. The standard InChI is InChI=1S/C10H24N2/c1-5-8(3)9(12)10(4,6-2)7-11/h8-9H,5-7,11-12H2,1-4H3. The van der Waals surface area contributed by atoms with Gasteiger partial charge in [0, 0.05) is 6.04 Å². The fourth-order valence-electron chi connectivity index (χ4n) is 1.46. The van der Waals surface area contributed by atoms with Crippen LogP contribution in [0.4, 0.5) is 0 Å². The lowest BCUT2D eigenvalue weighted by molar-refractivity contribution is 0.196. The monoisotopic (exact) mass is 172 g/mol. The molecule has 0 aliphatic heterocycles. The van der Waals surface area contributed by atoms with Crippen LogP contribution in [0, 0.1) is 11.3 Å². The maximum absolute atomic E-state index is 6.15. The van der Waals surface area contributed by atoms with Crippen LogP contribution < -0.4 is 11.5 Å². The second kappa shape index (κ2) is 4.83. The molecular weight excluding hydrogens is 148 g/mol. The molecule has 4 N–H and O–H groups in total. The highest BCUT2D eigenvalue weighted by atomic mass is 14.7. The molecule has 0 aliphatic carbocycles. The van der Waals surface area contributed by atoms with Crippen molar-refractivity contribution in [1.29, 1.82) is 0 Å². The fraction of sp³-hybridized carbons (Fsp3) is 1.00. The van der Waals surface area contributed by atoms with Crippen LogP contribution in [-0.2, 0) is 0 Å². The van der Waals surface area contributed by atoms with Gasteiger partial charge in [-0.25, -0.2) is 0 Å². The van der Waals surface area contributed by atoms with Crippen LogP contribution >= 0.6 is 0 Å². The van der Waals surface area contributed by atoms with Crippen molar-refractivity contribution < 1.29 is 0 Å². The van der Waals surface area contributed by atoms with E-state index < -0.39 is 0 Å². The summed E-state index contributed by atoms with van der Waals surface area (Å²) in [5.74, 6) is 0.568. The van der Waals surface area contributed by atoms with Gasteiger partial charge in [-0.15, -0.1) is 0 Å². The fourth-order valence-corrected chi connectivity index (χ4v) is 1.46. The molecule has 74 valence electrons. The zero-order valence-corrected chi connectivity index (χ0v) is 8.93. The Balaban J connectivity index is 4.29. The Hall–Kier alpha value is -0.0800. The average molecular weight is 172 g/mol. The summed E-state index contributed by atoms with van der Waals surface area (Å²) in [6.07, 6.45) is 2.20. The minimum Gasteiger partial charge on any atom is -0.330 e. The molecule has 0 bridgehead atoms. The molecule has 0 radical (unpaired) electrons. The quantitative estimate of drug-likeness (QED) is 0.663. The van der Waals surface area contributed by atoms with Crippen LogP contribution in [0.15, 0.2) is 0 Å². The van der Waals surface area contributed by atoms with Crippen molar-refractivity contribution in [3.63, 3.8) is 0 Å². The summed E-state index contributed by atoms with van der Waals surface area (Å²) >= 11 is 0. The molecule has 0 saturated carbocycles. The molecule has 0 aromatic rings. The number of rotatable bonds is 5. The van der Waals surface area contributed by atoms with Gasteiger partial charge < -0.3 is 11.5 Å². The van der Waals surface area contributed by atoms with Crippen LogP contribution in [-0.4, -0.2) is 12.6 Å². The van der Waals surface area contributed by atoms with E-state index in [-0.39, 0.29) is 11.5 Å². The summed E-state index contributed by atoms with van der Waals surface area (Å²) in [6, 6.07) is 0.234. The summed E-state index contributed by atoms with van der Waals surface area (Å²) in [5, 5.41) is 0. The molecule has 0 amide bonds. The van der Waals surface area contributed by atoms with E-state index in [1.807, 2.05) is 0 Å². The lowest BCUT2D eigenvalue weighted by Crippen LogP contribution is -2.48. The van der Waals surface area contributed by atoms with Gasteiger partial charge in [-0.3, -0.25) is 0 Å². The Bertz CT molecular complexity index is 119. The molecule has 0 aromatic carbocycles. The lowest BCUT2D eigenvalue weighted by atomic mass is 9.74. The van der Waals surface area contributed by atoms with Gasteiger partial charge in [-0.2, -0.15) is 0 Å². The Morgan fingerprint density at radius 2 is 1.83 bits per heavy atom. The van der Waals surface area contributed by atoms with E-state index in [0.29, 0.717) is 12.5 Å². The second-order valence-corrected chi connectivity index (χ2v) is 4.12. The van der Waals surface area contributed by atoms with Gasteiger partial charge in [0.15, 0.2) is 0 Å². The summed E-state index contributed by atoms with van der Waals surface area (Å²) in [5.41, 5.74) is 12.0. The van der Waals surface area contributed by atoms with Gasteiger partial charge in [0.2, 0.25) is 0 Å². The van der Waals surface area contributed by atoms with Gasteiger partial charge >= 0.3 is 0 Å². The minimum atomic E-state index is 0.120. The molecule has 0 spiro atoms. The molecule has 3 unspecified atom stereocenters. The van der Waals surface area contributed by atoms with E-state index in [1.165, 1.54) is 0 Å². The normalized spacial score (nSPS) is 21.5. The predicted molar refractivity (Wildman–Crippen MR) is 54.9 cm³/mol. The molecule has 12 heavy (non-hydrogen) atoms. The highest BCUT2D eigenvalue weighted by molar-refractivity contribution is 4.87. The molecule has 2 heteroatoms. The molecule has 0 fully saturated rings. The van der Waals surface area contributed by atoms with E-state index in [4.69, 9.17) is 11.5 Å². The Kier molecular flexibility index (Phi) is 4.80. The number of hydrogen-bond donors (Lipinski definition) is 2. The van der Waals surface area contributed by atoms with E-state index in [0.717, 1.165) is 12.8 Å². The van der Waals surface area contributed by atoms with Crippen LogP contribution in [0.1, 0.15) is 40.5 Å². The van der Waals surface area contributed by atoms with Crippen molar-refractivity contribution in [2.45, 2.75) is 46.6 Å². The highest BCUT2D eigenvalue weighted by Gasteiger charge is 2.31. The third-order valence-corrected chi connectivity index (χ3v) is 3.34. The van der Waals surface area contributed by atoms with Crippen LogP contribution in [0.25, 0.3) is 0 Å². The van der Waals surface area contributed by atoms with E-state index in [2.05, 4.69) is 27.7 Å². The second-order valence-electron chi connectivity index (χ2n) is 4.12. The van der Waals surface area contributed by atoms with Crippen LogP contribution in [0.3, 0.4) is 0 Å². The zero-order chi connectivity index (χ0) is 9.78. The van der Waals surface area contributed by atoms with Crippen molar-refractivity contribution in [1.82, 2.24) is 0 Å². The van der Waals surface area contributed by atoms with Gasteiger partial charge in [0.05, 0.1) is 0 Å². The molecule has 0 aromatic heterocycles. The van der Waals surface area contributed by atoms with Gasteiger partial charge in [0.1, 0.15) is 0 Å². The first-order valence-corrected chi connectivity index (χ1v) is 4.97. The molecule has 0 rings (SSSR count). The molecular formula is C10H24N2. The first kappa shape index (κ1) is 11.9. The smallest absolute Gasteiger partial charge is 0.0131 e. The lowest BCUT2D eigenvalue weighted by Gasteiger charge is -2.36. The van der Waals surface area contributed by atoms with E-state index in [1.54, 1.807) is 0 Å². The SMILES string of the molecule is CCC(C)C(N)C(C)(CC)CN. The van der Waals surface area contributed by atoms with Gasteiger partial charge in [-0.05, 0) is 24.3 Å². The minimum absolute atomic E-state index is 0.120. The summed E-state index contributed by atoms with van der Waals surface area (Å²) in [4.78, 5) is 0. The Morgan fingerprint density at radius 3 is 2.08 bits per heavy atom. The number of nitrogens with two attached hydrogens (primary N) is 2. The summed E-state index contributed by atoms with van der Waals surface area (Å²) in [7, 11) is 0. The third kappa shape index (κ3) is 2.46. The van der Waals surface area contributed by atoms with Crippen LogP contribution in [0.5, 0.6) is 0 Å². The molecule has 2 nitrogen and oxygen atoms in total. The third-order valence-electron chi connectivity index (χ3n) is 3.34. The van der Waals surface area contributed by atoms with Crippen molar-refractivity contribution >= 4 is 0 Å². The molecule has 0 saturated heterocycles. The maximum atomic E-state index is 6.15. The van der Waals surface area contributed by atoms with Crippen molar-refractivity contribution in [3.8, 4) is 0 Å². The van der Waals surface area contributed by atoms with Crippen molar-refractivity contribution in [2.24, 2.45) is 22.8 Å². The first-order chi connectivity index (χ1) is 5.51. The Morgan fingerprint density at radius 1 is 1.33 bits per heavy atom. The Labute approximate surface area is 76.7 Å². The maximum Gasteiger partial charge on any atom is 0.0131 e. The molecule has 3 atom stereocenters. The van der Waals surface area contributed by atoms with E-state index in [9.17, 15) is 0 Å². The van der Waals surface area contributed by atoms with E-state index >= 15 is 0 Å². The average Bonchev–Trinajstić information content (AvgIpc) is 2.14. The first-order valence-electron chi connectivity index (χ1n) is 4.97. The largest absolute Gasteiger partial charge is 0.330 e.